The van der Waals surface area contributed by atoms with Crippen LogP contribution in [0.5, 0.6) is 0 Å². The van der Waals surface area contributed by atoms with Crippen LogP contribution in [-0.2, 0) is 9.53 Å². The van der Waals surface area contributed by atoms with Gasteiger partial charge < -0.3 is 10.1 Å². The van der Waals surface area contributed by atoms with Gasteiger partial charge in [-0.05, 0) is 27.2 Å². The number of rotatable bonds is 0. The summed E-state index contributed by atoms with van der Waals surface area (Å²) in [6.07, 6.45) is 0.445. The molecule has 0 radical (unpaired) electrons. The van der Waals surface area contributed by atoms with Gasteiger partial charge >= 0.3 is 6.09 Å². The number of hydrogen-bond acceptors (Lipinski definition) is 3. The molecule has 2 heterocycles. The quantitative estimate of drug-likeness (QED) is 0.595. The van der Waals surface area contributed by atoms with Crippen LogP contribution in [0, 0.1) is 0 Å². The number of carbonyl (C=O) groups excluding carboxylic acids is 2. The molecule has 0 bridgehead atoms. The Balaban J connectivity index is 2.00. The molecule has 2 saturated heterocycles. The van der Waals surface area contributed by atoms with Crippen molar-refractivity contribution in [3.05, 3.63) is 0 Å². The lowest BCUT2D eigenvalue weighted by atomic mass is 10.0. The number of β-lactam (4-membered cyclic amide) rings is 1. The molecular formula is C10H16N2O3. The fourth-order valence-corrected chi connectivity index (χ4v) is 1.96. The van der Waals surface area contributed by atoms with Crippen LogP contribution in [0.1, 0.15) is 27.2 Å². The van der Waals surface area contributed by atoms with Crippen molar-refractivity contribution in [3.63, 3.8) is 0 Å². The van der Waals surface area contributed by atoms with Gasteiger partial charge in [0.05, 0.1) is 6.04 Å². The smallest absolute Gasteiger partial charge is 0.411 e. The molecular weight excluding hydrogens is 196 g/mol. The van der Waals surface area contributed by atoms with Gasteiger partial charge in [0.1, 0.15) is 11.6 Å². The fraction of sp³-hybridized carbons (Fsp3) is 0.800. The van der Waals surface area contributed by atoms with E-state index in [1.807, 2.05) is 20.8 Å². The summed E-state index contributed by atoms with van der Waals surface area (Å²) in [4.78, 5) is 24.5. The molecule has 2 atom stereocenters. The van der Waals surface area contributed by atoms with Crippen molar-refractivity contribution in [3.8, 4) is 0 Å². The predicted octanol–water partition coefficient (Wildman–Crippen LogP) is 0.494. The van der Waals surface area contributed by atoms with Gasteiger partial charge in [-0.3, -0.25) is 9.69 Å². The van der Waals surface area contributed by atoms with Crippen LogP contribution >= 0.6 is 0 Å². The molecule has 2 aliphatic rings. The number of nitrogens with one attached hydrogen (secondary N) is 1. The van der Waals surface area contributed by atoms with Gasteiger partial charge in [0.2, 0.25) is 5.91 Å². The second kappa shape index (κ2) is 3.12. The molecule has 2 amide bonds. The summed E-state index contributed by atoms with van der Waals surface area (Å²) < 4.78 is 5.23. The van der Waals surface area contributed by atoms with Gasteiger partial charge in [-0.1, -0.05) is 0 Å². The van der Waals surface area contributed by atoms with E-state index in [0.717, 1.165) is 6.42 Å². The first kappa shape index (κ1) is 10.3. The van der Waals surface area contributed by atoms with Crippen LogP contribution in [-0.4, -0.2) is 41.1 Å². The standard InChI is InChI=1S/C10H16N2O3/c1-10(2,3)15-9(14)12-5-4-6-7(12)8(13)11-6/h6-7H,4-5H2,1-3H3,(H,11,13)/t6-,7+/m0/s1. The molecule has 2 rings (SSSR count). The topological polar surface area (TPSA) is 58.6 Å². The molecule has 5 nitrogen and oxygen atoms in total. The molecule has 0 unspecified atom stereocenters. The maximum Gasteiger partial charge on any atom is 0.411 e. The lowest BCUT2D eigenvalue weighted by Gasteiger charge is -2.36. The molecule has 15 heavy (non-hydrogen) atoms. The molecule has 0 saturated carbocycles. The average Bonchev–Trinajstić information content (AvgIpc) is 2.38. The van der Waals surface area contributed by atoms with E-state index in [4.69, 9.17) is 4.74 Å². The highest BCUT2D eigenvalue weighted by molar-refractivity contribution is 5.93. The van der Waals surface area contributed by atoms with Crippen molar-refractivity contribution in [2.45, 2.75) is 44.9 Å². The lowest BCUT2D eigenvalue weighted by molar-refractivity contribution is -0.133. The van der Waals surface area contributed by atoms with Gasteiger partial charge in [-0.15, -0.1) is 0 Å². The van der Waals surface area contributed by atoms with Crippen molar-refractivity contribution in [1.82, 2.24) is 10.2 Å². The van der Waals surface area contributed by atoms with E-state index in [0.29, 0.717) is 6.54 Å². The van der Waals surface area contributed by atoms with Crippen LogP contribution in [0.3, 0.4) is 0 Å². The highest BCUT2D eigenvalue weighted by atomic mass is 16.6. The van der Waals surface area contributed by atoms with E-state index in [1.165, 1.54) is 4.90 Å². The number of ether oxygens (including phenoxy) is 1. The zero-order valence-electron chi connectivity index (χ0n) is 9.24. The Hall–Kier alpha value is -1.26. The van der Waals surface area contributed by atoms with Crippen LogP contribution < -0.4 is 5.32 Å². The Kier molecular flexibility index (Phi) is 2.13. The molecule has 5 heteroatoms. The maximum atomic E-state index is 11.7. The van der Waals surface area contributed by atoms with Crippen LogP contribution in [0.2, 0.25) is 0 Å². The van der Waals surface area contributed by atoms with E-state index >= 15 is 0 Å². The Morgan fingerprint density at radius 1 is 1.53 bits per heavy atom. The zero-order valence-corrected chi connectivity index (χ0v) is 9.24. The van der Waals surface area contributed by atoms with Crippen molar-refractivity contribution < 1.29 is 14.3 Å². The van der Waals surface area contributed by atoms with Crippen molar-refractivity contribution >= 4 is 12.0 Å². The van der Waals surface area contributed by atoms with E-state index in [2.05, 4.69) is 5.32 Å². The highest BCUT2D eigenvalue weighted by Crippen LogP contribution is 2.26. The minimum absolute atomic E-state index is 0.0663. The first-order valence-corrected chi connectivity index (χ1v) is 5.18. The van der Waals surface area contributed by atoms with Crippen molar-refractivity contribution in [2.75, 3.05) is 6.54 Å². The number of carbonyl (C=O) groups is 2. The molecule has 0 aromatic rings. The SMILES string of the molecule is CC(C)(C)OC(=O)N1CC[C@@H]2NC(=O)[C@@H]21. The molecule has 0 spiro atoms. The van der Waals surface area contributed by atoms with Crippen LogP contribution in [0.25, 0.3) is 0 Å². The molecule has 2 aliphatic heterocycles. The molecule has 0 aromatic carbocycles. The van der Waals surface area contributed by atoms with E-state index in [9.17, 15) is 9.59 Å². The van der Waals surface area contributed by atoms with E-state index < -0.39 is 5.60 Å². The highest BCUT2D eigenvalue weighted by Gasteiger charge is 2.50. The lowest BCUT2D eigenvalue weighted by Crippen LogP contribution is -2.65. The maximum absolute atomic E-state index is 11.7. The summed E-state index contributed by atoms with van der Waals surface area (Å²) in [6.45, 7) is 6.06. The number of fused-ring (bicyclic) bond motifs is 1. The van der Waals surface area contributed by atoms with Crippen LogP contribution in [0.15, 0.2) is 0 Å². The van der Waals surface area contributed by atoms with Crippen molar-refractivity contribution in [1.29, 1.82) is 0 Å². The Labute approximate surface area is 88.8 Å². The van der Waals surface area contributed by atoms with E-state index in [1.54, 1.807) is 0 Å². The first-order chi connectivity index (χ1) is 6.88. The minimum Gasteiger partial charge on any atom is -0.444 e. The van der Waals surface area contributed by atoms with Gasteiger partial charge in [0.15, 0.2) is 0 Å². The third-order valence-electron chi connectivity index (χ3n) is 2.62. The third kappa shape index (κ3) is 1.78. The monoisotopic (exact) mass is 212 g/mol. The normalized spacial score (nSPS) is 29.3. The molecule has 2 fully saturated rings. The molecule has 84 valence electrons. The number of amides is 2. The second-order valence-corrected chi connectivity index (χ2v) is 5.02. The number of hydrogen-bond donors (Lipinski definition) is 1. The summed E-state index contributed by atoms with van der Waals surface area (Å²) in [5, 5.41) is 2.76. The number of likely N-dealkylation sites (tertiary alicyclic amines) is 1. The minimum atomic E-state index is -0.505. The summed E-state index contributed by atoms with van der Waals surface area (Å²) in [6, 6.07) is -0.148. The summed E-state index contributed by atoms with van der Waals surface area (Å²) in [5.41, 5.74) is -0.505. The summed E-state index contributed by atoms with van der Waals surface area (Å²) in [5.74, 6) is -0.0663. The second-order valence-electron chi connectivity index (χ2n) is 5.02. The van der Waals surface area contributed by atoms with Gasteiger partial charge in [0, 0.05) is 6.54 Å². The third-order valence-corrected chi connectivity index (χ3v) is 2.62. The Morgan fingerprint density at radius 2 is 2.20 bits per heavy atom. The first-order valence-electron chi connectivity index (χ1n) is 5.18. The fourth-order valence-electron chi connectivity index (χ4n) is 1.96. The van der Waals surface area contributed by atoms with Crippen molar-refractivity contribution in [2.24, 2.45) is 0 Å². The van der Waals surface area contributed by atoms with Gasteiger partial charge in [0.25, 0.3) is 0 Å². The molecule has 0 aliphatic carbocycles. The van der Waals surface area contributed by atoms with E-state index in [-0.39, 0.29) is 24.1 Å². The average molecular weight is 212 g/mol. The zero-order chi connectivity index (χ0) is 11.2. The van der Waals surface area contributed by atoms with Gasteiger partial charge in [-0.2, -0.15) is 0 Å². The predicted molar refractivity (Wildman–Crippen MR) is 53.3 cm³/mol. The Bertz CT molecular complexity index is 308. The molecule has 0 aromatic heterocycles. The largest absolute Gasteiger partial charge is 0.444 e. The summed E-state index contributed by atoms with van der Waals surface area (Å²) >= 11 is 0. The molecule has 1 N–H and O–H groups in total. The summed E-state index contributed by atoms with van der Waals surface area (Å²) in [7, 11) is 0. The number of nitrogens with zero attached hydrogens (tertiary/aromatic N) is 1. The Morgan fingerprint density at radius 3 is 2.73 bits per heavy atom. The van der Waals surface area contributed by atoms with Crippen LogP contribution in [0.4, 0.5) is 4.79 Å². The van der Waals surface area contributed by atoms with Gasteiger partial charge in [-0.25, -0.2) is 4.79 Å².